The van der Waals surface area contributed by atoms with Gasteiger partial charge in [0.05, 0.1) is 11.6 Å². The monoisotopic (exact) mass is 249 g/mol. The molecule has 0 heterocycles. The van der Waals surface area contributed by atoms with Crippen molar-refractivity contribution in [1.29, 1.82) is 5.26 Å². The first-order chi connectivity index (χ1) is 8.52. The standard InChI is InChI=1S/C7H5NO.C6H4F2O/c8-5-6-1-3-7(9)4-2-6;7-4-1-2-6(9)5(8)3-4/h1-4,9H;1-3,9H. The minimum absolute atomic E-state index is 0.189. The van der Waals surface area contributed by atoms with Gasteiger partial charge in [-0.25, -0.2) is 8.78 Å². The van der Waals surface area contributed by atoms with Gasteiger partial charge >= 0.3 is 0 Å². The summed E-state index contributed by atoms with van der Waals surface area (Å²) in [5, 5.41) is 25.5. The minimum Gasteiger partial charge on any atom is -0.508 e. The predicted octanol–water partition coefficient (Wildman–Crippen LogP) is 2.93. The van der Waals surface area contributed by atoms with Crippen molar-refractivity contribution >= 4 is 0 Å². The molecule has 0 aliphatic carbocycles. The van der Waals surface area contributed by atoms with E-state index in [0.717, 1.165) is 12.1 Å². The Hall–Kier alpha value is -2.61. The molecule has 3 nitrogen and oxygen atoms in total. The second-order valence-electron chi connectivity index (χ2n) is 3.25. The zero-order valence-electron chi connectivity index (χ0n) is 9.14. The third-order valence-corrected chi connectivity index (χ3v) is 1.91. The third kappa shape index (κ3) is 4.10. The van der Waals surface area contributed by atoms with Crippen molar-refractivity contribution in [3.63, 3.8) is 0 Å². The first kappa shape index (κ1) is 13.5. The molecule has 2 aromatic carbocycles. The topological polar surface area (TPSA) is 64.2 Å². The van der Waals surface area contributed by atoms with Crippen molar-refractivity contribution in [2.45, 2.75) is 0 Å². The zero-order chi connectivity index (χ0) is 13.5. The van der Waals surface area contributed by atoms with Gasteiger partial charge in [-0.2, -0.15) is 5.26 Å². The molecular formula is C13H9F2NO2. The number of nitrogens with zero attached hydrogens (tertiary/aromatic N) is 1. The van der Waals surface area contributed by atoms with Crippen molar-refractivity contribution in [3.8, 4) is 17.6 Å². The number of halogens is 2. The molecule has 0 bridgehead atoms. The summed E-state index contributed by atoms with van der Waals surface area (Å²) in [5.41, 5.74) is 0.563. The Morgan fingerprint density at radius 2 is 1.56 bits per heavy atom. The molecule has 0 aliphatic heterocycles. The summed E-state index contributed by atoms with van der Waals surface area (Å²) < 4.78 is 24.1. The van der Waals surface area contributed by atoms with Gasteiger partial charge in [0, 0.05) is 6.07 Å². The van der Waals surface area contributed by atoms with Crippen LogP contribution in [0.25, 0.3) is 0 Å². The van der Waals surface area contributed by atoms with Gasteiger partial charge in [-0.3, -0.25) is 0 Å². The zero-order valence-corrected chi connectivity index (χ0v) is 9.14. The van der Waals surface area contributed by atoms with Crippen LogP contribution in [0.15, 0.2) is 42.5 Å². The Morgan fingerprint density at radius 3 is 2.00 bits per heavy atom. The molecule has 0 radical (unpaired) electrons. The van der Waals surface area contributed by atoms with Crippen LogP contribution in [0.3, 0.4) is 0 Å². The highest BCUT2D eigenvalue weighted by molar-refractivity contribution is 5.33. The normalized spacial score (nSPS) is 8.94. The summed E-state index contributed by atoms with van der Waals surface area (Å²) in [4.78, 5) is 0. The SMILES string of the molecule is N#Cc1ccc(O)cc1.Oc1ccc(F)cc1F. The molecule has 0 fully saturated rings. The van der Waals surface area contributed by atoms with Gasteiger partial charge in [0.2, 0.25) is 0 Å². The van der Waals surface area contributed by atoms with Gasteiger partial charge in [-0.05, 0) is 36.4 Å². The van der Waals surface area contributed by atoms with Crippen LogP contribution in [0.5, 0.6) is 11.5 Å². The molecule has 0 spiro atoms. The summed E-state index contributed by atoms with van der Waals surface area (Å²) in [6.07, 6.45) is 0. The summed E-state index contributed by atoms with van der Waals surface area (Å²) in [6, 6.07) is 10.6. The van der Waals surface area contributed by atoms with Crippen LogP contribution in [0.4, 0.5) is 8.78 Å². The Kier molecular flexibility index (Phi) is 4.64. The van der Waals surface area contributed by atoms with Crippen LogP contribution in [0, 0.1) is 23.0 Å². The molecule has 0 aromatic heterocycles. The highest BCUT2D eigenvalue weighted by atomic mass is 19.1. The van der Waals surface area contributed by atoms with E-state index in [1.54, 1.807) is 12.1 Å². The molecule has 2 aromatic rings. The van der Waals surface area contributed by atoms with Gasteiger partial charge in [0.15, 0.2) is 11.6 Å². The lowest BCUT2D eigenvalue weighted by Crippen LogP contribution is -1.77. The van der Waals surface area contributed by atoms with Gasteiger partial charge in [-0.15, -0.1) is 0 Å². The fourth-order valence-electron chi connectivity index (χ4n) is 1.02. The summed E-state index contributed by atoms with van der Waals surface area (Å²) in [5.74, 6) is -1.97. The molecule has 0 saturated heterocycles. The van der Waals surface area contributed by atoms with Gasteiger partial charge in [-0.1, -0.05) is 0 Å². The van der Waals surface area contributed by atoms with E-state index in [1.165, 1.54) is 12.1 Å². The average molecular weight is 249 g/mol. The average Bonchev–Trinajstić information content (AvgIpc) is 2.36. The highest BCUT2D eigenvalue weighted by Gasteiger charge is 1.98. The van der Waals surface area contributed by atoms with E-state index in [9.17, 15) is 8.78 Å². The number of phenols is 2. The van der Waals surface area contributed by atoms with Crippen molar-refractivity contribution < 1.29 is 19.0 Å². The first-order valence-corrected chi connectivity index (χ1v) is 4.86. The van der Waals surface area contributed by atoms with Crippen LogP contribution in [0.1, 0.15) is 5.56 Å². The van der Waals surface area contributed by atoms with Crippen LogP contribution >= 0.6 is 0 Å². The quantitative estimate of drug-likeness (QED) is 0.754. The molecule has 0 unspecified atom stereocenters. The lowest BCUT2D eigenvalue weighted by atomic mass is 10.2. The van der Waals surface area contributed by atoms with E-state index < -0.39 is 17.4 Å². The molecule has 2 rings (SSSR count). The van der Waals surface area contributed by atoms with Gasteiger partial charge in [0.25, 0.3) is 0 Å². The minimum atomic E-state index is -0.935. The lowest BCUT2D eigenvalue weighted by molar-refractivity contribution is 0.428. The summed E-state index contributed by atoms with van der Waals surface area (Å²) in [7, 11) is 0. The second-order valence-corrected chi connectivity index (χ2v) is 3.25. The van der Waals surface area contributed by atoms with Gasteiger partial charge < -0.3 is 10.2 Å². The van der Waals surface area contributed by atoms with E-state index in [-0.39, 0.29) is 5.75 Å². The third-order valence-electron chi connectivity index (χ3n) is 1.91. The van der Waals surface area contributed by atoms with Gasteiger partial charge in [0.1, 0.15) is 11.6 Å². The maximum atomic E-state index is 12.1. The Morgan fingerprint density at radius 1 is 0.944 bits per heavy atom. The maximum absolute atomic E-state index is 12.1. The van der Waals surface area contributed by atoms with Crippen LogP contribution < -0.4 is 0 Å². The van der Waals surface area contributed by atoms with E-state index in [0.29, 0.717) is 11.6 Å². The van der Waals surface area contributed by atoms with E-state index in [1.807, 2.05) is 6.07 Å². The molecule has 0 amide bonds. The highest BCUT2D eigenvalue weighted by Crippen LogP contribution is 2.14. The fraction of sp³-hybridized carbons (Fsp3) is 0. The number of rotatable bonds is 0. The van der Waals surface area contributed by atoms with Crippen molar-refractivity contribution in [2.75, 3.05) is 0 Å². The second kappa shape index (κ2) is 6.21. The first-order valence-electron chi connectivity index (χ1n) is 4.86. The molecule has 92 valence electrons. The molecule has 0 aliphatic rings. The lowest BCUT2D eigenvalue weighted by Gasteiger charge is -1.91. The molecule has 18 heavy (non-hydrogen) atoms. The van der Waals surface area contributed by atoms with Crippen molar-refractivity contribution in [2.24, 2.45) is 0 Å². The summed E-state index contributed by atoms with van der Waals surface area (Å²) in [6.45, 7) is 0. The number of nitriles is 1. The molecule has 5 heteroatoms. The van der Waals surface area contributed by atoms with E-state index >= 15 is 0 Å². The summed E-state index contributed by atoms with van der Waals surface area (Å²) >= 11 is 0. The number of benzene rings is 2. The predicted molar refractivity (Wildman–Crippen MR) is 60.8 cm³/mol. The molecule has 0 saturated carbocycles. The maximum Gasteiger partial charge on any atom is 0.167 e. The Labute approximate surface area is 102 Å². The number of phenolic OH excluding ortho intramolecular Hbond substituents is 2. The van der Waals surface area contributed by atoms with Crippen LogP contribution in [-0.4, -0.2) is 10.2 Å². The van der Waals surface area contributed by atoms with Crippen molar-refractivity contribution in [1.82, 2.24) is 0 Å². The number of aromatic hydroxyl groups is 2. The molecular weight excluding hydrogens is 240 g/mol. The Bertz CT molecular complexity index is 562. The van der Waals surface area contributed by atoms with E-state index in [2.05, 4.69) is 0 Å². The Balaban J connectivity index is 0.000000180. The fourth-order valence-corrected chi connectivity index (χ4v) is 1.02. The van der Waals surface area contributed by atoms with Crippen LogP contribution in [0.2, 0.25) is 0 Å². The largest absolute Gasteiger partial charge is 0.508 e. The van der Waals surface area contributed by atoms with Crippen molar-refractivity contribution in [3.05, 3.63) is 59.7 Å². The van der Waals surface area contributed by atoms with E-state index in [4.69, 9.17) is 15.5 Å². The molecule has 0 atom stereocenters. The smallest absolute Gasteiger partial charge is 0.167 e. The molecule has 2 N–H and O–H groups in total. The number of hydrogen-bond donors (Lipinski definition) is 2. The number of hydrogen-bond acceptors (Lipinski definition) is 3. The van der Waals surface area contributed by atoms with Crippen LogP contribution in [-0.2, 0) is 0 Å².